The van der Waals surface area contributed by atoms with Crippen LogP contribution in [0.1, 0.15) is 0 Å². The zero-order valence-corrected chi connectivity index (χ0v) is 59.4. The molecule has 0 atom stereocenters. The molecule has 0 bridgehead atoms. The third-order valence-electron chi connectivity index (χ3n) is 21.2. The summed E-state index contributed by atoms with van der Waals surface area (Å²) in [6.45, 7) is -0.412. The van der Waals surface area contributed by atoms with Gasteiger partial charge in [-0.2, -0.15) is 0 Å². The van der Waals surface area contributed by atoms with Gasteiger partial charge in [0.1, 0.15) is 0 Å². The first kappa shape index (κ1) is 57.7. The molecule has 0 fully saturated rings. The van der Waals surface area contributed by atoms with E-state index in [0.29, 0.717) is 0 Å². The molecule has 101 heavy (non-hydrogen) atoms. The van der Waals surface area contributed by atoms with Crippen LogP contribution in [0.3, 0.4) is 0 Å². The van der Waals surface area contributed by atoms with Crippen LogP contribution < -0.4 is 62.0 Å². The zero-order chi connectivity index (χ0) is 66.0. The molecule has 0 unspecified atom stereocenters. The Morgan fingerprint density at radius 3 is 1.23 bits per heavy atom. The Labute approximate surface area is 602 Å². The van der Waals surface area contributed by atoms with Gasteiger partial charge in [0.25, 0.3) is 0 Å². The number of nitrogens with zero attached hydrogens (tertiary/aromatic N) is 5. The quantitative estimate of drug-likeness (QED) is 0.134. The molecule has 11 heteroatoms. The molecule has 6 nitrogen and oxygen atoms in total. The summed E-state index contributed by atoms with van der Waals surface area (Å²) in [7, 11) is 0. The summed E-state index contributed by atoms with van der Waals surface area (Å²) < 4.78 is 16.5. The second-order valence-corrected chi connectivity index (χ2v) is 33.4. The van der Waals surface area contributed by atoms with E-state index >= 15 is 0 Å². The first-order valence-corrected chi connectivity index (χ1v) is 39.6. The van der Waals surface area contributed by atoms with Crippen LogP contribution in [0.25, 0.3) is 57.9 Å². The molecule has 4 aliphatic rings. The van der Waals surface area contributed by atoms with E-state index in [9.17, 15) is 0 Å². The Hall–Kier alpha value is -11.2. The van der Waals surface area contributed by atoms with Gasteiger partial charge in [0.2, 0.25) is 0 Å². The van der Waals surface area contributed by atoms with Crippen molar-refractivity contribution in [1.82, 2.24) is 0 Å². The maximum absolute atomic E-state index is 8.11. The predicted molar refractivity (Wildman–Crippen MR) is 432 cm³/mol. The van der Waals surface area contributed by atoms with Gasteiger partial charge >= 0.3 is 607 Å². The van der Waals surface area contributed by atoms with Crippen LogP contribution in [-0.2, 0) is 0 Å². The Bertz CT molecular complexity index is 6420. The molecule has 0 radical (unpaired) electrons. The standard InChI is InChI=1S/C90H55B2N5OSe3/c1-5-26-56(27-6-1)93(57-28-7-2-8-29-57)60-50-75-89-76(51-60)97(73-43-25-49-85-88(73)64-36-15-22-46-82(64)101-85)74-55-78-68(54-67(74)91(89)65-37-16-18-39-69(65)95(75)59-32-11-4-12-33-59)92-66-38-17-19-40-70(66)96(72-42-24-48-84-87(72)63-35-14-21-45-81(63)100-84)77-52-61(53-79(98-78)90(77)92)94(58-30-9-3-10-31-58)71-41-23-47-83-86(71)62-34-13-20-44-80(62)99-83/h1-55H. The van der Waals surface area contributed by atoms with E-state index in [1.807, 2.05) is 0 Å². The molecule has 0 N–H and O–H groups in total. The molecule has 0 amide bonds. The molecule has 18 aromatic rings. The minimum atomic E-state index is -0.221. The fourth-order valence-corrected chi connectivity index (χ4v) is 24.3. The van der Waals surface area contributed by atoms with Crippen molar-refractivity contribution in [3.8, 4) is 11.5 Å². The van der Waals surface area contributed by atoms with E-state index in [-0.39, 0.29) is 56.9 Å². The number of hydrogen-bond donors (Lipinski definition) is 0. The SMILES string of the molecule is c1ccc(N(c2ccccc2)c2cc3c4c(c2)N(c2cccc5[se]c6ccccc6c25)c2cc5c(cc2B4c2ccccc2N3c2ccccc2)B2c3ccccc3N(c3cccc4[se]c6ccccc6c34)c3cc(N(c4ccccc4)c4cccc6[se]c7ccccc7c46)cc(c32)O5)cc1. The van der Waals surface area contributed by atoms with Gasteiger partial charge in [-0.15, -0.1) is 0 Å². The van der Waals surface area contributed by atoms with Gasteiger partial charge in [0.15, 0.2) is 0 Å². The van der Waals surface area contributed by atoms with E-state index in [4.69, 9.17) is 4.74 Å². The molecule has 22 rings (SSSR count). The Balaban J connectivity index is 0.852. The van der Waals surface area contributed by atoms with Crippen molar-refractivity contribution in [2.24, 2.45) is 0 Å². The Kier molecular flexibility index (Phi) is 12.9. The summed E-state index contributed by atoms with van der Waals surface area (Å²) in [4.78, 5) is 12.7. The van der Waals surface area contributed by atoms with Crippen LogP contribution in [0, 0.1) is 0 Å². The zero-order valence-electron chi connectivity index (χ0n) is 54.3. The van der Waals surface area contributed by atoms with Gasteiger partial charge in [-0.25, -0.2) is 0 Å². The van der Waals surface area contributed by atoms with E-state index in [1.54, 1.807) is 0 Å². The minimum absolute atomic E-state index is 0.104. The van der Waals surface area contributed by atoms with Crippen LogP contribution in [-0.4, -0.2) is 56.9 Å². The Morgan fingerprint density at radius 2 is 0.653 bits per heavy atom. The number of hydrogen-bond acceptors (Lipinski definition) is 6. The molecule has 3 aromatic heterocycles. The normalized spacial score (nSPS) is 13.1. The molecule has 0 saturated heterocycles. The van der Waals surface area contributed by atoms with Crippen molar-refractivity contribution in [2.45, 2.75) is 0 Å². The first-order chi connectivity index (χ1) is 50.1. The molecule has 0 spiro atoms. The second kappa shape index (κ2) is 22.7. The monoisotopic (exact) mass is 1480 g/mol. The number of fused-ring (bicyclic) bond motifs is 17. The van der Waals surface area contributed by atoms with Crippen LogP contribution in [0.5, 0.6) is 11.5 Å². The molecule has 7 heterocycles. The number of benzene rings is 15. The summed E-state index contributed by atoms with van der Waals surface area (Å²) in [6.07, 6.45) is 0. The van der Waals surface area contributed by atoms with E-state index in [2.05, 4.69) is 358 Å². The average Bonchev–Trinajstić information content (AvgIpc) is 1.39. The van der Waals surface area contributed by atoms with Gasteiger partial charge in [-0.3, -0.25) is 0 Å². The van der Waals surface area contributed by atoms with Crippen molar-refractivity contribution in [1.29, 1.82) is 0 Å². The third-order valence-corrected chi connectivity index (χ3v) is 28.3. The summed E-state index contributed by atoms with van der Waals surface area (Å²) in [6, 6.07) is 125. The fraction of sp³-hybridized carbons (Fsp3) is 0. The van der Waals surface area contributed by atoms with Crippen molar-refractivity contribution >= 4 is 233 Å². The third kappa shape index (κ3) is 8.67. The van der Waals surface area contributed by atoms with E-state index in [0.717, 1.165) is 102 Å². The van der Waals surface area contributed by atoms with Crippen LogP contribution >= 0.6 is 0 Å². The van der Waals surface area contributed by atoms with Gasteiger partial charge in [0.05, 0.1) is 0 Å². The number of rotatable bonds is 9. The molecule has 15 aromatic carbocycles. The van der Waals surface area contributed by atoms with Crippen molar-refractivity contribution in [3.05, 3.63) is 334 Å². The summed E-state index contributed by atoms with van der Waals surface area (Å²) in [5.41, 5.74) is 24.0. The summed E-state index contributed by atoms with van der Waals surface area (Å²) >= 11 is 0.408. The first-order valence-electron chi connectivity index (χ1n) is 34.4. The van der Waals surface area contributed by atoms with Gasteiger partial charge in [-0.1, -0.05) is 0 Å². The Morgan fingerprint density at radius 1 is 0.248 bits per heavy atom. The second-order valence-electron chi connectivity index (χ2n) is 26.6. The van der Waals surface area contributed by atoms with Gasteiger partial charge < -0.3 is 0 Å². The van der Waals surface area contributed by atoms with Crippen LogP contribution in [0.15, 0.2) is 334 Å². The van der Waals surface area contributed by atoms with Gasteiger partial charge in [-0.05, 0) is 0 Å². The van der Waals surface area contributed by atoms with Gasteiger partial charge in [0, 0.05) is 0 Å². The topological polar surface area (TPSA) is 25.4 Å². The molecular formula is C90H55B2N5OSe3. The molecule has 0 saturated carbocycles. The van der Waals surface area contributed by atoms with E-state index < -0.39 is 0 Å². The number of anilines is 15. The maximum atomic E-state index is 8.11. The van der Waals surface area contributed by atoms with Crippen molar-refractivity contribution < 1.29 is 4.74 Å². The van der Waals surface area contributed by atoms with E-state index in [1.165, 1.54) is 85.4 Å². The summed E-state index contributed by atoms with van der Waals surface area (Å²) in [5.74, 6) is 1.69. The van der Waals surface area contributed by atoms with Crippen LogP contribution in [0.4, 0.5) is 85.3 Å². The number of para-hydroxylation sites is 6. The van der Waals surface area contributed by atoms with Crippen molar-refractivity contribution in [2.75, 3.05) is 24.5 Å². The van der Waals surface area contributed by atoms with Crippen molar-refractivity contribution in [3.63, 3.8) is 0 Å². The predicted octanol–water partition coefficient (Wildman–Crippen LogP) is 19.2. The molecular weight excluding hydrogens is 1430 g/mol. The average molecular weight is 1480 g/mol. The summed E-state index contributed by atoms with van der Waals surface area (Å²) in [5, 5.41) is 7.83. The molecule has 4 aliphatic heterocycles. The fourth-order valence-electron chi connectivity index (χ4n) is 17.2. The molecule has 0 aliphatic carbocycles. The van der Waals surface area contributed by atoms with Crippen LogP contribution in [0.2, 0.25) is 0 Å². The molecule has 470 valence electrons. The number of ether oxygens (including phenoxy) is 1.